The molecule has 25 heavy (non-hydrogen) atoms. The van der Waals surface area contributed by atoms with Crippen LogP contribution in [0.1, 0.15) is 11.8 Å². The lowest BCUT2D eigenvalue weighted by Gasteiger charge is -2.19. The average Bonchev–Trinajstić information content (AvgIpc) is 2.78. The van der Waals surface area contributed by atoms with E-state index < -0.39 is 6.23 Å². The number of phenols is 1. The van der Waals surface area contributed by atoms with E-state index in [2.05, 4.69) is 36.4 Å². The molecule has 0 saturated carbocycles. The molecule has 2 N–H and O–H groups in total. The van der Waals surface area contributed by atoms with Gasteiger partial charge in [-0.2, -0.15) is 4.98 Å². The summed E-state index contributed by atoms with van der Waals surface area (Å²) in [5.41, 5.74) is 3.18. The van der Waals surface area contributed by atoms with Gasteiger partial charge in [0.15, 0.2) is 11.9 Å². The molecule has 0 amide bonds. The first kappa shape index (κ1) is 16.2. The van der Waals surface area contributed by atoms with Gasteiger partial charge < -0.3 is 15.2 Å². The van der Waals surface area contributed by atoms with E-state index >= 15 is 0 Å². The van der Waals surface area contributed by atoms with Gasteiger partial charge in [0.1, 0.15) is 5.75 Å². The van der Waals surface area contributed by atoms with Crippen LogP contribution in [0.2, 0.25) is 0 Å². The topological polar surface area (TPSA) is 80.2 Å². The summed E-state index contributed by atoms with van der Waals surface area (Å²) in [5.74, 6) is 0.623. The molecule has 0 spiro atoms. The summed E-state index contributed by atoms with van der Waals surface area (Å²) >= 11 is 4.90. The molecule has 126 valence electrons. The van der Waals surface area contributed by atoms with Crippen molar-refractivity contribution in [3.63, 3.8) is 0 Å². The van der Waals surface area contributed by atoms with Crippen molar-refractivity contribution in [3.8, 4) is 22.9 Å². The number of nitrogens with one attached hydrogen (secondary N) is 1. The number of halogens is 1. The highest BCUT2D eigenvalue weighted by atomic mass is 79.9. The Balaban J connectivity index is 1.87. The van der Waals surface area contributed by atoms with Crippen molar-refractivity contribution in [3.05, 3.63) is 52.5 Å². The number of fused-ring (bicyclic) bond motifs is 3. The lowest BCUT2D eigenvalue weighted by atomic mass is 10.1. The second-order valence-electron chi connectivity index (χ2n) is 5.38. The van der Waals surface area contributed by atoms with Gasteiger partial charge in [-0.1, -0.05) is 27.7 Å². The number of hydrogen-bond acceptors (Lipinski definition) is 7. The Morgan fingerprint density at radius 1 is 1.16 bits per heavy atom. The van der Waals surface area contributed by atoms with E-state index in [-0.39, 0.29) is 5.75 Å². The quantitative estimate of drug-likeness (QED) is 0.604. The van der Waals surface area contributed by atoms with Gasteiger partial charge in [-0.25, -0.2) is 0 Å². The van der Waals surface area contributed by atoms with Crippen LogP contribution in [-0.4, -0.2) is 26.5 Å². The molecule has 8 heteroatoms. The van der Waals surface area contributed by atoms with Crippen molar-refractivity contribution in [2.75, 3.05) is 11.6 Å². The zero-order chi connectivity index (χ0) is 17.4. The first-order valence-electron chi connectivity index (χ1n) is 7.45. The average molecular weight is 417 g/mol. The molecule has 0 aliphatic carbocycles. The Morgan fingerprint density at radius 2 is 1.96 bits per heavy atom. The molecular weight excluding hydrogens is 404 g/mol. The molecule has 1 unspecified atom stereocenters. The van der Waals surface area contributed by atoms with Crippen molar-refractivity contribution in [1.82, 2.24) is 15.2 Å². The Hall–Kier alpha value is -2.32. The third kappa shape index (κ3) is 3.14. The van der Waals surface area contributed by atoms with E-state index in [1.165, 1.54) is 11.8 Å². The van der Waals surface area contributed by atoms with Crippen LogP contribution in [0.25, 0.3) is 11.3 Å². The van der Waals surface area contributed by atoms with Crippen molar-refractivity contribution in [2.24, 2.45) is 0 Å². The molecule has 1 atom stereocenters. The number of nitrogens with zero attached hydrogens (tertiary/aromatic N) is 3. The van der Waals surface area contributed by atoms with Gasteiger partial charge in [0.25, 0.3) is 0 Å². The maximum atomic E-state index is 9.53. The number of aromatic nitrogens is 3. The van der Waals surface area contributed by atoms with E-state index in [9.17, 15) is 5.11 Å². The predicted molar refractivity (Wildman–Crippen MR) is 99.8 cm³/mol. The van der Waals surface area contributed by atoms with Gasteiger partial charge in [-0.15, -0.1) is 10.2 Å². The van der Waals surface area contributed by atoms with E-state index in [1.807, 2.05) is 24.5 Å². The molecule has 6 nitrogen and oxygen atoms in total. The molecule has 0 radical (unpaired) electrons. The SMILES string of the molecule is CSc1nnc2c(n1)OC(c1ccc(O)cc1)Nc1ccc(Br)cc1-2. The molecule has 1 aromatic heterocycles. The first-order chi connectivity index (χ1) is 12.1. The van der Waals surface area contributed by atoms with Gasteiger partial charge >= 0.3 is 0 Å². The number of phenolic OH excluding ortho intramolecular Hbond substituents is 1. The fraction of sp³-hybridized carbons (Fsp3) is 0.118. The minimum Gasteiger partial charge on any atom is -0.508 e. The summed E-state index contributed by atoms with van der Waals surface area (Å²) in [4.78, 5) is 4.48. The van der Waals surface area contributed by atoms with E-state index in [1.54, 1.807) is 24.3 Å². The first-order valence-corrected chi connectivity index (χ1v) is 9.46. The maximum absolute atomic E-state index is 9.53. The van der Waals surface area contributed by atoms with Gasteiger partial charge in [0.05, 0.1) is 0 Å². The highest BCUT2D eigenvalue weighted by Crippen LogP contribution is 2.40. The van der Waals surface area contributed by atoms with Gasteiger partial charge in [0, 0.05) is 21.3 Å². The van der Waals surface area contributed by atoms with E-state index in [0.29, 0.717) is 16.7 Å². The van der Waals surface area contributed by atoms with Gasteiger partial charge in [0.2, 0.25) is 11.0 Å². The highest BCUT2D eigenvalue weighted by molar-refractivity contribution is 9.10. The van der Waals surface area contributed by atoms with Crippen LogP contribution in [-0.2, 0) is 0 Å². The Morgan fingerprint density at radius 3 is 2.72 bits per heavy atom. The molecular formula is C17H13BrN4O2S. The minimum atomic E-state index is -0.465. The van der Waals surface area contributed by atoms with E-state index in [0.717, 1.165) is 21.3 Å². The molecule has 0 bridgehead atoms. The minimum absolute atomic E-state index is 0.204. The number of rotatable bonds is 2. The van der Waals surface area contributed by atoms with E-state index in [4.69, 9.17) is 4.74 Å². The Kier molecular flexibility index (Phi) is 4.22. The summed E-state index contributed by atoms with van der Waals surface area (Å²) in [6, 6.07) is 12.7. The van der Waals surface area contributed by atoms with Crippen molar-refractivity contribution < 1.29 is 9.84 Å². The van der Waals surface area contributed by atoms with Crippen LogP contribution in [0.5, 0.6) is 11.6 Å². The van der Waals surface area contributed by atoms with Crippen molar-refractivity contribution in [1.29, 1.82) is 0 Å². The summed E-state index contributed by atoms with van der Waals surface area (Å²) in [7, 11) is 0. The standard InChI is InChI=1S/C17H13BrN4O2S/c1-25-17-20-16-14(21-22-17)12-8-10(18)4-7-13(12)19-15(24-16)9-2-5-11(23)6-3-9/h2-8,15,19,23H,1H3. The smallest absolute Gasteiger partial charge is 0.247 e. The van der Waals surface area contributed by atoms with Crippen LogP contribution in [0.3, 0.4) is 0 Å². The number of hydrogen-bond donors (Lipinski definition) is 2. The van der Waals surface area contributed by atoms with Crippen LogP contribution in [0, 0.1) is 0 Å². The lowest BCUT2D eigenvalue weighted by Crippen LogP contribution is -2.17. The number of ether oxygens (including phenoxy) is 1. The monoisotopic (exact) mass is 416 g/mol. The molecule has 2 aromatic carbocycles. The normalized spacial score (nSPS) is 15.4. The summed E-state index contributed by atoms with van der Waals surface area (Å²) in [6.07, 6.45) is 1.42. The number of thioether (sulfide) groups is 1. The van der Waals surface area contributed by atoms with Gasteiger partial charge in [-0.3, -0.25) is 0 Å². The molecule has 0 fully saturated rings. The Bertz CT molecular complexity index is 936. The maximum Gasteiger partial charge on any atom is 0.247 e. The van der Waals surface area contributed by atoms with Crippen molar-refractivity contribution >= 4 is 33.4 Å². The Labute approximate surface area is 156 Å². The molecule has 1 aliphatic heterocycles. The molecule has 0 saturated heterocycles. The van der Waals surface area contributed by atoms with Crippen LogP contribution >= 0.6 is 27.7 Å². The third-order valence-electron chi connectivity index (χ3n) is 3.77. The summed E-state index contributed by atoms with van der Waals surface area (Å²) < 4.78 is 7.04. The zero-order valence-electron chi connectivity index (χ0n) is 13.1. The zero-order valence-corrected chi connectivity index (χ0v) is 15.5. The highest BCUT2D eigenvalue weighted by Gasteiger charge is 2.26. The number of anilines is 1. The summed E-state index contributed by atoms with van der Waals surface area (Å²) in [5, 5.41) is 21.9. The largest absolute Gasteiger partial charge is 0.508 e. The van der Waals surface area contributed by atoms with Crippen LogP contribution in [0.4, 0.5) is 5.69 Å². The van der Waals surface area contributed by atoms with Crippen LogP contribution < -0.4 is 10.1 Å². The second-order valence-corrected chi connectivity index (χ2v) is 7.06. The fourth-order valence-electron chi connectivity index (χ4n) is 2.56. The molecule has 4 rings (SSSR count). The molecule has 3 aromatic rings. The number of aromatic hydroxyl groups is 1. The van der Waals surface area contributed by atoms with Crippen molar-refractivity contribution in [2.45, 2.75) is 11.4 Å². The molecule has 2 heterocycles. The predicted octanol–water partition coefficient (Wildman–Crippen LogP) is 4.23. The second kappa shape index (κ2) is 6.53. The number of benzene rings is 2. The lowest BCUT2D eigenvalue weighted by molar-refractivity contribution is 0.225. The van der Waals surface area contributed by atoms with Crippen LogP contribution in [0.15, 0.2) is 52.1 Å². The van der Waals surface area contributed by atoms with Gasteiger partial charge in [-0.05, 0) is 48.7 Å². The molecule has 1 aliphatic rings. The fourth-order valence-corrected chi connectivity index (χ4v) is 3.21. The third-order valence-corrected chi connectivity index (χ3v) is 4.80. The summed E-state index contributed by atoms with van der Waals surface area (Å²) in [6.45, 7) is 0.